The quantitative estimate of drug-likeness (QED) is 0.802. The first-order chi connectivity index (χ1) is 11.1. The molecule has 1 atom stereocenters. The number of dihydropyridines is 1. The summed E-state index contributed by atoms with van der Waals surface area (Å²) >= 11 is 1.24. The lowest BCUT2D eigenvalue weighted by molar-refractivity contribution is -0.131. The molecule has 0 aromatic heterocycles. The van der Waals surface area contributed by atoms with E-state index in [1.807, 2.05) is 6.07 Å². The van der Waals surface area contributed by atoms with Crippen LogP contribution in [-0.2, 0) is 9.59 Å². The highest BCUT2D eigenvalue weighted by atomic mass is 32.2. The molecule has 124 valence electrons. The second kappa shape index (κ2) is 8.30. The van der Waals surface area contributed by atoms with Crippen LogP contribution in [0, 0.1) is 29.1 Å². The van der Waals surface area contributed by atoms with Gasteiger partial charge in [0.1, 0.15) is 17.0 Å². The van der Waals surface area contributed by atoms with Gasteiger partial charge < -0.3 is 5.32 Å². The summed E-state index contributed by atoms with van der Waals surface area (Å²) in [4.78, 5) is 28.1. The zero-order chi connectivity index (χ0) is 16.8. The fourth-order valence-electron chi connectivity index (χ4n) is 3.17. The van der Waals surface area contributed by atoms with E-state index in [-0.39, 0.29) is 5.91 Å². The average molecular weight is 333 g/mol. The van der Waals surface area contributed by atoms with Crippen LogP contribution in [0.5, 0.6) is 0 Å². The van der Waals surface area contributed by atoms with Crippen molar-refractivity contribution < 1.29 is 9.59 Å². The second-order valence-electron chi connectivity index (χ2n) is 6.17. The van der Waals surface area contributed by atoms with Gasteiger partial charge in [0.25, 0.3) is 5.91 Å². The van der Waals surface area contributed by atoms with E-state index in [0.717, 1.165) is 18.8 Å². The number of amides is 2. The molecule has 0 bridgehead atoms. The fourth-order valence-corrected chi connectivity index (χ4v) is 3.68. The number of rotatable bonds is 4. The van der Waals surface area contributed by atoms with Crippen LogP contribution in [0.2, 0.25) is 0 Å². The van der Waals surface area contributed by atoms with Gasteiger partial charge in [-0.2, -0.15) is 5.26 Å². The normalized spacial score (nSPS) is 27.7. The average Bonchev–Trinajstić information content (AvgIpc) is 2.59. The van der Waals surface area contributed by atoms with Crippen molar-refractivity contribution in [2.45, 2.75) is 39.0 Å². The Morgan fingerprint density at radius 2 is 2.04 bits per heavy atom. The first kappa shape index (κ1) is 17.7. The zero-order valence-corrected chi connectivity index (χ0v) is 14.5. The topological polar surface area (TPSA) is 82.3 Å². The Labute approximate surface area is 141 Å². The number of hydrogen-bond acceptors (Lipinski definition) is 4. The van der Waals surface area contributed by atoms with Gasteiger partial charge in [-0.15, -0.1) is 11.8 Å². The highest BCUT2D eigenvalue weighted by Crippen LogP contribution is 2.30. The minimum atomic E-state index is -0.965. The molecule has 1 unspecified atom stereocenters. The van der Waals surface area contributed by atoms with E-state index in [2.05, 4.69) is 17.2 Å². The van der Waals surface area contributed by atoms with Crippen LogP contribution in [0.3, 0.4) is 0 Å². The molecular formula is C17H23N3O2S. The predicted molar refractivity (Wildman–Crippen MR) is 91.9 cm³/mol. The summed E-state index contributed by atoms with van der Waals surface area (Å²) in [5.74, 6) is -0.482. The lowest BCUT2D eigenvalue weighted by Crippen LogP contribution is -2.39. The third-order valence-corrected chi connectivity index (χ3v) is 5.44. The molecule has 1 aliphatic carbocycles. The highest BCUT2D eigenvalue weighted by molar-refractivity contribution is 8.13. The summed E-state index contributed by atoms with van der Waals surface area (Å²) in [5, 5.41) is 12.4. The van der Waals surface area contributed by atoms with Gasteiger partial charge in [-0.1, -0.05) is 26.2 Å². The van der Waals surface area contributed by atoms with Crippen molar-refractivity contribution in [3.8, 4) is 6.07 Å². The van der Waals surface area contributed by atoms with Gasteiger partial charge in [0, 0.05) is 6.54 Å². The molecule has 2 aliphatic rings. The van der Waals surface area contributed by atoms with Crippen LogP contribution in [0.4, 0.5) is 0 Å². The molecule has 2 amide bonds. The highest BCUT2D eigenvalue weighted by Gasteiger charge is 2.30. The van der Waals surface area contributed by atoms with Crippen molar-refractivity contribution in [1.29, 1.82) is 5.26 Å². The Balaban J connectivity index is 1.89. The number of nitrogens with zero attached hydrogens (tertiary/aromatic N) is 2. The maximum atomic E-state index is 12.3. The number of nitriles is 1. The minimum absolute atomic E-state index is 0.306. The molecule has 2 rings (SSSR count). The predicted octanol–water partition coefficient (Wildman–Crippen LogP) is 2.69. The number of carbonyl (C=O) groups excluding carboxylic acids is 2. The molecule has 1 aliphatic heterocycles. The van der Waals surface area contributed by atoms with E-state index in [1.165, 1.54) is 37.1 Å². The molecule has 1 heterocycles. The molecule has 1 N–H and O–H groups in total. The lowest BCUT2D eigenvalue weighted by atomic mass is 9.81. The first-order valence-electron chi connectivity index (χ1n) is 8.15. The SMILES string of the molecule is CCC1CCC(CNC(=O)C2C=C(C#N)C(SC)=NC2=O)CC1. The van der Waals surface area contributed by atoms with Gasteiger partial charge in [-0.25, -0.2) is 4.99 Å². The van der Waals surface area contributed by atoms with Gasteiger partial charge in [0.15, 0.2) is 0 Å². The van der Waals surface area contributed by atoms with Gasteiger partial charge in [0.05, 0.1) is 5.57 Å². The molecule has 23 heavy (non-hydrogen) atoms. The van der Waals surface area contributed by atoms with Gasteiger partial charge in [-0.3, -0.25) is 9.59 Å². The van der Waals surface area contributed by atoms with Crippen molar-refractivity contribution in [2.24, 2.45) is 22.7 Å². The zero-order valence-electron chi connectivity index (χ0n) is 13.7. The van der Waals surface area contributed by atoms with Crippen LogP contribution < -0.4 is 5.32 Å². The summed E-state index contributed by atoms with van der Waals surface area (Å²) in [7, 11) is 0. The molecule has 0 saturated heterocycles. The molecule has 0 aromatic carbocycles. The monoisotopic (exact) mass is 333 g/mol. The Bertz CT molecular complexity index is 569. The maximum Gasteiger partial charge on any atom is 0.263 e. The standard InChI is InChI=1S/C17H23N3O2S/c1-3-11-4-6-12(7-5-11)10-19-15(21)14-8-13(9-18)17(23-2)20-16(14)22/h8,11-12,14H,3-7,10H2,1-2H3,(H,19,21). The van der Waals surface area contributed by atoms with Crippen LogP contribution in [-0.4, -0.2) is 29.7 Å². The third-order valence-electron chi connectivity index (χ3n) is 4.75. The van der Waals surface area contributed by atoms with Crippen LogP contribution >= 0.6 is 11.8 Å². The summed E-state index contributed by atoms with van der Waals surface area (Å²) < 4.78 is 0. The fraction of sp³-hybridized carbons (Fsp3) is 0.647. The van der Waals surface area contributed by atoms with Gasteiger partial charge >= 0.3 is 0 Å². The number of carbonyl (C=O) groups is 2. The molecule has 1 saturated carbocycles. The van der Waals surface area contributed by atoms with E-state index in [4.69, 9.17) is 5.26 Å². The minimum Gasteiger partial charge on any atom is -0.355 e. The van der Waals surface area contributed by atoms with Crippen molar-refractivity contribution in [1.82, 2.24) is 5.32 Å². The van der Waals surface area contributed by atoms with Crippen LogP contribution in [0.15, 0.2) is 16.6 Å². The summed E-state index contributed by atoms with van der Waals surface area (Å²) in [6.07, 6.45) is 9.12. The van der Waals surface area contributed by atoms with Crippen molar-refractivity contribution in [3.63, 3.8) is 0 Å². The smallest absolute Gasteiger partial charge is 0.263 e. The number of nitrogens with one attached hydrogen (secondary N) is 1. The molecule has 0 radical (unpaired) electrons. The molecule has 1 fully saturated rings. The largest absolute Gasteiger partial charge is 0.355 e. The van der Waals surface area contributed by atoms with E-state index in [1.54, 1.807) is 6.26 Å². The third kappa shape index (κ3) is 4.44. The van der Waals surface area contributed by atoms with Crippen molar-refractivity contribution in [3.05, 3.63) is 11.6 Å². The van der Waals surface area contributed by atoms with E-state index >= 15 is 0 Å². The molecule has 5 nitrogen and oxygen atoms in total. The van der Waals surface area contributed by atoms with E-state index < -0.39 is 11.8 Å². The number of aliphatic imine (C=N–C) groups is 1. The molecule has 6 heteroatoms. The number of hydrogen-bond donors (Lipinski definition) is 1. The van der Waals surface area contributed by atoms with E-state index in [0.29, 0.717) is 23.1 Å². The van der Waals surface area contributed by atoms with E-state index in [9.17, 15) is 9.59 Å². The Kier molecular flexibility index (Phi) is 6.40. The van der Waals surface area contributed by atoms with Gasteiger partial charge in [-0.05, 0) is 37.0 Å². The Morgan fingerprint density at radius 3 is 2.61 bits per heavy atom. The van der Waals surface area contributed by atoms with Crippen LogP contribution in [0.25, 0.3) is 0 Å². The molecule has 0 spiro atoms. The van der Waals surface area contributed by atoms with Crippen molar-refractivity contribution >= 4 is 28.6 Å². The Morgan fingerprint density at radius 1 is 1.39 bits per heavy atom. The Hall–Kier alpha value is -1.61. The number of thioether (sulfide) groups is 1. The summed E-state index contributed by atoms with van der Waals surface area (Å²) in [5.41, 5.74) is 0.306. The van der Waals surface area contributed by atoms with Crippen LogP contribution in [0.1, 0.15) is 39.0 Å². The second-order valence-corrected chi connectivity index (χ2v) is 6.96. The molecular weight excluding hydrogens is 310 g/mol. The van der Waals surface area contributed by atoms with Crippen molar-refractivity contribution in [2.75, 3.05) is 12.8 Å². The first-order valence-corrected chi connectivity index (χ1v) is 9.38. The summed E-state index contributed by atoms with van der Waals surface area (Å²) in [6.45, 7) is 2.83. The maximum absolute atomic E-state index is 12.3. The van der Waals surface area contributed by atoms with Gasteiger partial charge in [0.2, 0.25) is 5.91 Å². The molecule has 0 aromatic rings. The lowest BCUT2D eigenvalue weighted by Gasteiger charge is -2.28. The summed E-state index contributed by atoms with van der Waals surface area (Å²) in [6, 6.07) is 2.00.